The highest BCUT2D eigenvalue weighted by molar-refractivity contribution is 7.89. The number of sulfonamides is 1. The highest BCUT2D eigenvalue weighted by Gasteiger charge is 2.46. The first-order valence-corrected chi connectivity index (χ1v) is 11.4. The van der Waals surface area contributed by atoms with E-state index < -0.39 is 22.2 Å². The van der Waals surface area contributed by atoms with Gasteiger partial charge >= 0.3 is 12.1 Å². The number of halogens is 4. The molecule has 0 aromatic heterocycles. The number of hydrogen-bond acceptors (Lipinski definition) is 5. The van der Waals surface area contributed by atoms with E-state index in [9.17, 15) is 26.0 Å². The Labute approximate surface area is 178 Å². The van der Waals surface area contributed by atoms with Crippen molar-refractivity contribution in [3.63, 3.8) is 0 Å². The van der Waals surface area contributed by atoms with Gasteiger partial charge in [-0.3, -0.25) is 4.90 Å². The Morgan fingerprint density at radius 2 is 1.94 bits per heavy atom. The summed E-state index contributed by atoms with van der Waals surface area (Å²) in [4.78, 5) is 11.1. The molecule has 0 radical (unpaired) electrons. The van der Waals surface area contributed by atoms with Crippen LogP contribution in [-0.4, -0.2) is 68.2 Å². The molecule has 1 aromatic rings. The maximum absolute atomic E-state index is 13.7. The number of nitrogens with zero attached hydrogens (tertiary/aromatic N) is 1. The van der Waals surface area contributed by atoms with Gasteiger partial charge in [0.15, 0.2) is 0 Å². The van der Waals surface area contributed by atoms with Crippen LogP contribution in [-0.2, 0) is 26.1 Å². The topological polar surface area (TPSA) is 95.9 Å². The van der Waals surface area contributed by atoms with Crippen LogP contribution in [0.25, 0.3) is 0 Å². The van der Waals surface area contributed by atoms with Crippen molar-refractivity contribution in [2.45, 2.75) is 38.1 Å². The van der Waals surface area contributed by atoms with Gasteiger partial charge in [0.25, 0.3) is 0 Å². The van der Waals surface area contributed by atoms with Crippen LogP contribution in [0.5, 0.6) is 0 Å². The summed E-state index contributed by atoms with van der Waals surface area (Å²) in [5.74, 6) is -2.58. The lowest BCUT2D eigenvalue weighted by Gasteiger charge is -2.53. The average Bonchev–Trinajstić information content (AvgIpc) is 2.68. The van der Waals surface area contributed by atoms with E-state index in [1.807, 2.05) is 12.1 Å². The molecule has 0 aliphatic carbocycles. The van der Waals surface area contributed by atoms with Crippen molar-refractivity contribution >= 4 is 16.0 Å². The molecule has 2 N–H and O–H groups in total. The summed E-state index contributed by atoms with van der Waals surface area (Å²) < 4.78 is 77.1. The molecule has 31 heavy (non-hydrogen) atoms. The standard InChI is InChI=1S/C17H25FN2O3S.C2HF3O2/c1-2-24(21,22)19-9-14-7-8-17(23-11-14)12-20(13-17)10-15-5-3-4-6-16(15)18;3-2(4,5)1(6)7/h3-6,14,19H,2,7-13H2,1H3;(H,6,7). The molecule has 176 valence electrons. The lowest BCUT2D eigenvalue weighted by atomic mass is 9.83. The Balaban J connectivity index is 0.000000423. The van der Waals surface area contributed by atoms with Gasteiger partial charge in [-0.15, -0.1) is 0 Å². The van der Waals surface area contributed by atoms with Crippen molar-refractivity contribution in [1.29, 1.82) is 0 Å². The summed E-state index contributed by atoms with van der Waals surface area (Å²) in [5.41, 5.74) is 0.598. The molecule has 1 unspecified atom stereocenters. The molecule has 3 rings (SSSR count). The van der Waals surface area contributed by atoms with Gasteiger partial charge in [-0.25, -0.2) is 22.3 Å². The quantitative estimate of drug-likeness (QED) is 0.620. The van der Waals surface area contributed by atoms with Gasteiger partial charge in [-0.1, -0.05) is 18.2 Å². The summed E-state index contributed by atoms with van der Waals surface area (Å²) in [5, 5.41) is 7.12. The predicted molar refractivity (Wildman–Crippen MR) is 104 cm³/mol. The third-order valence-electron chi connectivity index (χ3n) is 5.22. The minimum Gasteiger partial charge on any atom is -0.475 e. The van der Waals surface area contributed by atoms with Gasteiger partial charge in [0.1, 0.15) is 5.82 Å². The van der Waals surface area contributed by atoms with Crippen LogP contribution in [0, 0.1) is 11.7 Å². The van der Waals surface area contributed by atoms with Crippen LogP contribution in [0.2, 0.25) is 0 Å². The molecular weight excluding hydrogens is 444 g/mol. The molecule has 2 heterocycles. The Bertz CT molecular complexity index is 847. The fourth-order valence-corrected chi connectivity index (χ4v) is 4.12. The van der Waals surface area contributed by atoms with Crippen molar-refractivity contribution in [2.75, 3.05) is 32.0 Å². The summed E-state index contributed by atoms with van der Waals surface area (Å²) in [6, 6.07) is 6.86. The molecule has 1 spiro atoms. The van der Waals surface area contributed by atoms with Gasteiger partial charge in [0.2, 0.25) is 10.0 Å². The Hall–Kier alpha value is -1.76. The zero-order chi connectivity index (χ0) is 23.3. The Morgan fingerprint density at radius 3 is 2.42 bits per heavy atom. The summed E-state index contributed by atoms with van der Waals surface area (Å²) in [6.07, 6.45) is -3.20. The lowest BCUT2D eigenvalue weighted by molar-refractivity contribution is -0.192. The van der Waals surface area contributed by atoms with E-state index in [1.165, 1.54) is 6.07 Å². The van der Waals surface area contributed by atoms with E-state index in [0.717, 1.165) is 31.5 Å². The van der Waals surface area contributed by atoms with E-state index in [0.29, 0.717) is 19.7 Å². The molecule has 0 saturated carbocycles. The van der Waals surface area contributed by atoms with E-state index in [2.05, 4.69) is 9.62 Å². The summed E-state index contributed by atoms with van der Waals surface area (Å²) in [7, 11) is -3.14. The lowest BCUT2D eigenvalue weighted by Crippen LogP contribution is -2.64. The SMILES string of the molecule is CCS(=O)(=O)NCC1CCC2(CN(Cc3ccccc3F)C2)OC1.O=C(O)C(F)(F)F. The van der Waals surface area contributed by atoms with E-state index in [1.54, 1.807) is 13.0 Å². The highest BCUT2D eigenvalue weighted by Crippen LogP contribution is 2.36. The maximum atomic E-state index is 13.7. The van der Waals surface area contributed by atoms with Gasteiger partial charge in [-0.05, 0) is 31.7 Å². The fourth-order valence-electron chi connectivity index (χ4n) is 3.42. The van der Waals surface area contributed by atoms with E-state index in [4.69, 9.17) is 14.6 Å². The monoisotopic (exact) mass is 470 g/mol. The van der Waals surface area contributed by atoms with Crippen molar-refractivity contribution in [3.05, 3.63) is 35.6 Å². The van der Waals surface area contributed by atoms with E-state index in [-0.39, 0.29) is 23.1 Å². The van der Waals surface area contributed by atoms with Gasteiger partial charge in [0, 0.05) is 31.7 Å². The van der Waals surface area contributed by atoms with Gasteiger partial charge in [-0.2, -0.15) is 13.2 Å². The third-order valence-corrected chi connectivity index (χ3v) is 6.59. The molecule has 12 heteroatoms. The zero-order valence-corrected chi connectivity index (χ0v) is 17.8. The smallest absolute Gasteiger partial charge is 0.475 e. The molecule has 0 bridgehead atoms. The molecule has 1 aromatic carbocycles. The molecular formula is C19H26F4N2O5S. The number of aliphatic carboxylic acids is 1. The molecule has 7 nitrogen and oxygen atoms in total. The first kappa shape index (κ1) is 25.5. The minimum atomic E-state index is -5.08. The number of carboxylic acids is 1. The Morgan fingerprint density at radius 1 is 1.32 bits per heavy atom. The van der Waals surface area contributed by atoms with Crippen molar-refractivity contribution in [3.8, 4) is 0 Å². The van der Waals surface area contributed by atoms with Crippen molar-refractivity contribution in [1.82, 2.24) is 9.62 Å². The molecule has 2 saturated heterocycles. The maximum Gasteiger partial charge on any atom is 0.490 e. The van der Waals surface area contributed by atoms with E-state index >= 15 is 0 Å². The second-order valence-corrected chi connectivity index (χ2v) is 9.79. The number of carbonyl (C=O) groups is 1. The van der Waals surface area contributed by atoms with Crippen molar-refractivity contribution < 1.29 is 40.6 Å². The number of likely N-dealkylation sites (tertiary alicyclic amines) is 1. The average molecular weight is 470 g/mol. The Kier molecular flexibility index (Phi) is 8.42. The van der Waals surface area contributed by atoms with Crippen molar-refractivity contribution in [2.24, 2.45) is 5.92 Å². The van der Waals surface area contributed by atoms with Gasteiger partial charge < -0.3 is 9.84 Å². The van der Waals surface area contributed by atoms with Crippen LogP contribution in [0.15, 0.2) is 24.3 Å². The zero-order valence-electron chi connectivity index (χ0n) is 17.0. The third kappa shape index (κ3) is 7.70. The van der Waals surface area contributed by atoms with Crippen LogP contribution in [0.4, 0.5) is 17.6 Å². The first-order valence-electron chi connectivity index (χ1n) is 9.73. The number of alkyl halides is 3. The van der Waals surface area contributed by atoms with Crippen LogP contribution >= 0.6 is 0 Å². The largest absolute Gasteiger partial charge is 0.490 e. The second kappa shape index (κ2) is 10.2. The number of carboxylic acid groups (broad SMARTS) is 1. The predicted octanol–water partition coefficient (Wildman–Crippen LogP) is 2.38. The first-order chi connectivity index (χ1) is 14.4. The van der Waals surface area contributed by atoms with Crippen LogP contribution in [0.3, 0.4) is 0 Å². The minimum absolute atomic E-state index is 0.107. The number of rotatable bonds is 6. The second-order valence-electron chi connectivity index (χ2n) is 7.69. The summed E-state index contributed by atoms with van der Waals surface area (Å²) in [6.45, 7) is 4.90. The summed E-state index contributed by atoms with van der Waals surface area (Å²) >= 11 is 0. The van der Waals surface area contributed by atoms with Crippen LogP contribution < -0.4 is 4.72 Å². The number of hydrogen-bond donors (Lipinski definition) is 2. The number of nitrogens with one attached hydrogen (secondary N) is 1. The fraction of sp³-hybridized carbons (Fsp3) is 0.632. The highest BCUT2D eigenvalue weighted by atomic mass is 32.2. The number of ether oxygens (including phenoxy) is 1. The normalized spacial score (nSPS) is 21.1. The van der Waals surface area contributed by atoms with Gasteiger partial charge in [0.05, 0.1) is 18.0 Å². The van der Waals surface area contributed by atoms with Crippen LogP contribution in [0.1, 0.15) is 25.3 Å². The molecule has 2 fully saturated rings. The number of benzene rings is 1. The molecule has 2 aliphatic heterocycles. The molecule has 2 aliphatic rings. The molecule has 0 amide bonds. The molecule has 1 atom stereocenters.